The maximum Gasteiger partial charge on any atom is 0.0912 e. The fourth-order valence-corrected chi connectivity index (χ4v) is 1.70. The minimum absolute atomic E-state index is 0.911. The third-order valence-electron chi connectivity index (χ3n) is 2.43. The Labute approximate surface area is 96.0 Å². The summed E-state index contributed by atoms with van der Waals surface area (Å²) in [6.07, 6.45) is 2.47. The van der Waals surface area contributed by atoms with Gasteiger partial charge in [0.25, 0.3) is 0 Å². The van der Waals surface area contributed by atoms with Gasteiger partial charge in [0.05, 0.1) is 12.5 Å². The Morgan fingerprint density at radius 2 is 1.69 bits per heavy atom. The lowest BCUT2D eigenvalue weighted by Crippen LogP contribution is -1.89. The Bertz CT molecular complexity index is 494. The highest BCUT2D eigenvalue weighted by Crippen LogP contribution is 2.12. The van der Waals surface area contributed by atoms with E-state index in [-0.39, 0.29) is 0 Å². The normalized spacial score (nSPS) is 9.69. The van der Waals surface area contributed by atoms with E-state index in [2.05, 4.69) is 30.3 Å². The number of nitriles is 1. The molecule has 16 heavy (non-hydrogen) atoms. The monoisotopic (exact) mass is 206 g/mol. The van der Waals surface area contributed by atoms with Crippen molar-refractivity contribution < 1.29 is 0 Å². The van der Waals surface area contributed by atoms with E-state index in [9.17, 15) is 0 Å². The van der Waals surface area contributed by atoms with E-state index < -0.39 is 0 Å². The molecule has 0 atom stereocenters. The number of hydrogen-bond donors (Lipinski definition) is 0. The first-order valence-corrected chi connectivity index (χ1v) is 5.24. The summed E-state index contributed by atoms with van der Waals surface area (Å²) in [5.41, 5.74) is 3.49. The van der Waals surface area contributed by atoms with Gasteiger partial charge in [0.1, 0.15) is 0 Å². The molecule has 0 amide bonds. The Balaban J connectivity index is 2.16. The second-order valence-corrected chi connectivity index (χ2v) is 3.68. The van der Waals surface area contributed by atoms with Crippen LogP contribution in [0.1, 0.15) is 16.7 Å². The fourth-order valence-electron chi connectivity index (χ4n) is 1.70. The average molecular weight is 206 g/mol. The van der Waals surface area contributed by atoms with Crippen LogP contribution >= 0.6 is 0 Å². The van der Waals surface area contributed by atoms with Gasteiger partial charge in [-0.3, -0.25) is 0 Å². The summed E-state index contributed by atoms with van der Waals surface area (Å²) in [6, 6.07) is 20.4. The molecule has 0 bridgehead atoms. The summed E-state index contributed by atoms with van der Waals surface area (Å²) in [5, 5.41) is 8.59. The minimum atomic E-state index is 0.911. The van der Waals surface area contributed by atoms with Gasteiger partial charge in [-0.25, -0.2) is 0 Å². The van der Waals surface area contributed by atoms with Gasteiger partial charge >= 0.3 is 0 Å². The lowest BCUT2D eigenvalue weighted by atomic mass is 10.0. The van der Waals surface area contributed by atoms with E-state index in [1.54, 1.807) is 6.42 Å². The van der Waals surface area contributed by atoms with Crippen molar-refractivity contribution in [1.29, 1.82) is 5.26 Å². The number of rotatable bonds is 3. The van der Waals surface area contributed by atoms with E-state index >= 15 is 0 Å². The number of nitrogens with zero attached hydrogens (tertiary/aromatic N) is 1. The highest BCUT2D eigenvalue weighted by Gasteiger charge is 1.97. The zero-order valence-corrected chi connectivity index (χ0v) is 8.93. The van der Waals surface area contributed by atoms with Crippen LogP contribution in [0.4, 0.5) is 0 Å². The summed E-state index contributed by atoms with van der Waals surface area (Å²) < 4.78 is 0. The molecule has 1 nitrogen and oxygen atoms in total. The topological polar surface area (TPSA) is 23.8 Å². The van der Waals surface area contributed by atoms with Gasteiger partial charge in [-0.1, -0.05) is 54.6 Å². The summed E-state index contributed by atoms with van der Waals surface area (Å²) in [5.74, 6) is 0. The van der Waals surface area contributed by atoms with Crippen LogP contribution in [0.2, 0.25) is 0 Å². The van der Waals surface area contributed by atoms with Gasteiger partial charge in [0, 0.05) is 0 Å². The zero-order chi connectivity index (χ0) is 11.2. The SMILES string of the molecule is N#C[CH]c1cccc(Cc2ccccc2)c1. The van der Waals surface area contributed by atoms with Gasteiger partial charge < -0.3 is 0 Å². The Kier molecular flexibility index (Phi) is 3.35. The van der Waals surface area contributed by atoms with Crippen molar-refractivity contribution in [3.05, 3.63) is 77.7 Å². The van der Waals surface area contributed by atoms with Crippen LogP contribution in [0.15, 0.2) is 54.6 Å². The van der Waals surface area contributed by atoms with E-state index in [4.69, 9.17) is 5.26 Å². The highest BCUT2D eigenvalue weighted by molar-refractivity contribution is 5.35. The van der Waals surface area contributed by atoms with E-state index in [1.165, 1.54) is 11.1 Å². The zero-order valence-electron chi connectivity index (χ0n) is 8.93. The molecule has 1 heteroatoms. The molecular formula is C15H12N. The van der Waals surface area contributed by atoms with E-state index in [0.717, 1.165) is 12.0 Å². The molecule has 0 N–H and O–H groups in total. The molecule has 0 aromatic heterocycles. The smallest absolute Gasteiger partial charge is 0.0912 e. The third kappa shape index (κ3) is 2.71. The van der Waals surface area contributed by atoms with Crippen LogP contribution in [0.25, 0.3) is 0 Å². The Hall–Kier alpha value is -2.07. The standard InChI is InChI=1S/C15H12N/c16-10-9-14-7-4-8-15(12-14)11-13-5-2-1-3-6-13/h1-9,12H,11H2. The van der Waals surface area contributed by atoms with Gasteiger partial charge in [0.2, 0.25) is 0 Å². The van der Waals surface area contributed by atoms with Crippen molar-refractivity contribution in [2.45, 2.75) is 6.42 Å². The largest absolute Gasteiger partial charge is 0.198 e. The first kappa shape index (κ1) is 10.4. The summed E-state index contributed by atoms with van der Waals surface area (Å²) in [7, 11) is 0. The van der Waals surface area contributed by atoms with Crippen LogP contribution in [0, 0.1) is 17.8 Å². The van der Waals surface area contributed by atoms with Crippen LogP contribution in [-0.4, -0.2) is 0 Å². The third-order valence-corrected chi connectivity index (χ3v) is 2.43. The van der Waals surface area contributed by atoms with Crippen molar-refractivity contribution in [2.24, 2.45) is 0 Å². The molecule has 77 valence electrons. The molecule has 0 aliphatic heterocycles. The molecule has 0 spiro atoms. The Morgan fingerprint density at radius 3 is 2.44 bits per heavy atom. The highest BCUT2D eigenvalue weighted by atomic mass is 14.2. The molecule has 0 unspecified atom stereocenters. The minimum Gasteiger partial charge on any atom is -0.198 e. The van der Waals surface area contributed by atoms with Gasteiger partial charge in [-0.15, -0.1) is 0 Å². The van der Waals surface area contributed by atoms with Crippen molar-refractivity contribution in [3.63, 3.8) is 0 Å². The van der Waals surface area contributed by atoms with Crippen LogP contribution in [0.3, 0.4) is 0 Å². The predicted octanol–water partition coefficient (Wildman–Crippen LogP) is 3.35. The maximum absolute atomic E-state index is 8.59. The first-order chi connectivity index (χ1) is 7.88. The summed E-state index contributed by atoms with van der Waals surface area (Å²) >= 11 is 0. The molecule has 0 aliphatic carbocycles. The summed E-state index contributed by atoms with van der Waals surface area (Å²) in [6.45, 7) is 0. The number of benzene rings is 2. The molecule has 0 aliphatic rings. The Morgan fingerprint density at radius 1 is 0.938 bits per heavy atom. The first-order valence-electron chi connectivity index (χ1n) is 5.24. The van der Waals surface area contributed by atoms with Gasteiger partial charge in [-0.2, -0.15) is 5.26 Å². The van der Waals surface area contributed by atoms with Crippen LogP contribution in [0.5, 0.6) is 0 Å². The van der Waals surface area contributed by atoms with Crippen LogP contribution < -0.4 is 0 Å². The number of hydrogen-bond acceptors (Lipinski definition) is 1. The molecule has 0 saturated carbocycles. The quantitative estimate of drug-likeness (QED) is 0.755. The average Bonchev–Trinajstić information content (AvgIpc) is 2.31. The molecule has 0 saturated heterocycles. The molecule has 0 fully saturated rings. The van der Waals surface area contributed by atoms with Crippen molar-refractivity contribution >= 4 is 0 Å². The van der Waals surface area contributed by atoms with E-state index in [0.29, 0.717) is 0 Å². The maximum atomic E-state index is 8.59. The van der Waals surface area contributed by atoms with Crippen molar-refractivity contribution in [3.8, 4) is 6.07 Å². The van der Waals surface area contributed by atoms with Crippen molar-refractivity contribution in [2.75, 3.05) is 0 Å². The van der Waals surface area contributed by atoms with Crippen molar-refractivity contribution in [1.82, 2.24) is 0 Å². The predicted molar refractivity (Wildman–Crippen MR) is 64.7 cm³/mol. The van der Waals surface area contributed by atoms with Gasteiger partial charge in [-0.05, 0) is 23.1 Å². The fraction of sp³-hybridized carbons (Fsp3) is 0.0667. The summed E-state index contributed by atoms with van der Waals surface area (Å²) in [4.78, 5) is 0. The van der Waals surface area contributed by atoms with Crippen LogP contribution in [-0.2, 0) is 6.42 Å². The lowest BCUT2D eigenvalue weighted by molar-refractivity contribution is 1.19. The molecule has 2 aromatic rings. The molecule has 1 radical (unpaired) electrons. The molecular weight excluding hydrogens is 194 g/mol. The second kappa shape index (κ2) is 5.14. The molecule has 2 aromatic carbocycles. The molecule has 0 heterocycles. The van der Waals surface area contributed by atoms with Gasteiger partial charge in [0.15, 0.2) is 0 Å². The molecule has 2 rings (SSSR count). The lowest BCUT2D eigenvalue weighted by Gasteiger charge is -2.03. The second-order valence-electron chi connectivity index (χ2n) is 3.68. The van der Waals surface area contributed by atoms with E-state index in [1.807, 2.05) is 30.3 Å².